The van der Waals surface area contributed by atoms with Gasteiger partial charge >= 0.3 is 0 Å². The molecule has 2 rings (SSSR count). The number of rotatable bonds is 5. The van der Waals surface area contributed by atoms with Crippen molar-refractivity contribution in [2.24, 2.45) is 5.73 Å². The summed E-state index contributed by atoms with van der Waals surface area (Å²) in [5.41, 5.74) is 7.49. The molecule has 1 atom stereocenters. The molecule has 1 aromatic carbocycles. The van der Waals surface area contributed by atoms with Crippen LogP contribution in [0.1, 0.15) is 30.8 Å². The molecule has 0 saturated heterocycles. The fourth-order valence-electron chi connectivity index (χ4n) is 2.07. The first-order chi connectivity index (χ1) is 8.72. The minimum atomic E-state index is -0.0646. The molecule has 0 bridgehead atoms. The van der Waals surface area contributed by atoms with Crippen LogP contribution in [-0.2, 0) is 13.0 Å². The summed E-state index contributed by atoms with van der Waals surface area (Å²) in [7, 11) is 0. The van der Waals surface area contributed by atoms with Gasteiger partial charge in [0.05, 0.1) is 6.04 Å². The third-order valence-electron chi connectivity index (χ3n) is 2.94. The zero-order valence-electron chi connectivity index (χ0n) is 10.5. The Morgan fingerprint density at radius 2 is 2.17 bits per heavy atom. The van der Waals surface area contributed by atoms with Crippen molar-refractivity contribution in [1.82, 2.24) is 9.55 Å². The molecule has 0 aliphatic rings. The third-order valence-corrected chi connectivity index (χ3v) is 3.72. The molecule has 1 aromatic heterocycles. The maximum absolute atomic E-state index is 6.27. The first-order valence-electron chi connectivity index (χ1n) is 6.22. The molecular formula is C14H18BrN3. The Balaban J connectivity index is 2.14. The molecule has 0 aliphatic heterocycles. The van der Waals surface area contributed by atoms with E-state index in [-0.39, 0.29) is 6.04 Å². The highest BCUT2D eigenvalue weighted by atomic mass is 79.9. The standard InChI is InChI=1S/C14H18BrN3/c1-2-8-18-9-7-17-14(18)13(16)10-11-5-3-4-6-12(11)15/h3-7,9,13H,2,8,10,16H2,1H3. The lowest BCUT2D eigenvalue weighted by atomic mass is 10.1. The molecule has 0 aliphatic carbocycles. The predicted molar refractivity (Wildman–Crippen MR) is 77.3 cm³/mol. The van der Waals surface area contributed by atoms with Crippen LogP contribution >= 0.6 is 15.9 Å². The van der Waals surface area contributed by atoms with Crippen molar-refractivity contribution in [3.05, 3.63) is 52.5 Å². The second-order valence-corrected chi connectivity index (χ2v) is 5.24. The van der Waals surface area contributed by atoms with Gasteiger partial charge in [0.2, 0.25) is 0 Å². The van der Waals surface area contributed by atoms with E-state index in [1.54, 1.807) is 0 Å². The van der Waals surface area contributed by atoms with Gasteiger partial charge in [0, 0.05) is 23.4 Å². The summed E-state index contributed by atoms with van der Waals surface area (Å²) in [6, 6.07) is 8.12. The van der Waals surface area contributed by atoms with Crippen molar-refractivity contribution in [2.75, 3.05) is 0 Å². The van der Waals surface area contributed by atoms with Crippen molar-refractivity contribution >= 4 is 15.9 Å². The largest absolute Gasteiger partial charge is 0.334 e. The van der Waals surface area contributed by atoms with E-state index < -0.39 is 0 Å². The Bertz CT molecular complexity index is 507. The maximum Gasteiger partial charge on any atom is 0.125 e. The van der Waals surface area contributed by atoms with E-state index in [1.165, 1.54) is 5.56 Å². The molecular weight excluding hydrogens is 290 g/mol. The van der Waals surface area contributed by atoms with Crippen LogP contribution in [0, 0.1) is 0 Å². The molecule has 0 amide bonds. The van der Waals surface area contributed by atoms with Crippen molar-refractivity contribution < 1.29 is 0 Å². The van der Waals surface area contributed by atoms with Gasteiger partial charge < -0.3 is 10.3 Å². The van der Waals surface area contributed by atoms with Gasteiger partial charge in [0.15, 0.2) is 0 Å². The van der Waals surface area contributed by atoms with Crippen LogP contribution in [0.2, 0.25) is 0 Å². The van der Waals surface area contributed by atoms with Crippen LogP contribution < -0.4 is 5.73 Å². The summed E-state index contributed by atoms with van der Waals surface area (Å²) in [6.07, 6.45) is 5.71. The molecule has 0 spiro atoms. The van der Waals surface area contributed by atoms with E-state index in [0.717, 1.165) is 29.7 Å². The van der Waals surface area contributed by atoms with Gasteiger partial charge in [-0.3, -0.25) is 0 Å². The Hall–Kier alpha value is -1.13. The van der Waals surface area contributed by atoms with Crippen molar-refractivity contribution in [2.45, 2.75) is 32.4 Å². The number of aryl methyl sites for hydroxylation is 1. The Kier molecular flexibility index (Phi) is 4.55. The minimum Gasteiger partial charge on any atom is -0.334 e. The molecule has 18 heavy (non-hydrogen) atoms. The maximum atomic E-state index is 6.27. The SMILES string of the molecule is CCCn1ccnc1C(N)Cc1ccccc1Br. The molecule has 96 valence electrons. The highest BCUT2D eigenvalue weighted by Crippen LogP contribution is 2.21. The lowest BCUT2D eigenvalue weighted by Crippen LogP contribution is -2.19. The lowest BCUT2D eigenvalue weighted by Gasteiger charge is -2.14. The van der Waals surface area contributed by atoms with Crippen LogP contribution in [0.25, 0.3) is 0 Å². The summed E-state index contributed by atoms with van der Waals surface area (Å²) in [4.78, 5) is 4.38. The van der Waals surface area contributed by atoms with Gasteiger partial charge in [-0.2, -0.15) is 0 Å². The second-order valence-electron chi connectivity index (χ2n) is 4.38. The predicted octanol–water partition coefficient (Wildman–Crippen LogP) is 3.30. The van der Waals surface area contributed by atoms with Gasteiger partial charge in [0.25, 0.3) is 0 Å². The summed E-state index contributed by atoms with van der Waals surface area (Å²) in [6.45, 7) is 3.13. The highest BCUT2D eigenvalue weighted by molar-refractivity contribution is 9.10. The van der Waals surface area contributed by atoms with Crippen LogP contribution in [0.4, 0.5) is 0 Å². The topological polar surface area (TPSA) is 43.8 Å². The molecule has 0 saturated carbocycles. The minimum absolute atomic E-state index is 0.0646. The van der Waals surface area contributed by atoms with Crippen molar-refractivity contribution in [1.29, 1.82) is 0 Å². The first-order valence-corrected chi connectivity index (χ1v) is 7.01. The van der Waals surface area contributed by atoms with Crippen LogP contribution in [0.5, 0.6) is 0 Å². The second kappa shape index (κ2) is 6.16. The summed E-state index contributed by atoms with van der Waals surface area (Å²) in [5, 5.41) is 0. The van der Waals surface area contributed by atoms with Gasteiger partial charge in [-0.25, -0.2) is 4.98 Å². The molecule has 3 nitrogen and oxygen atoms in total. The zero-order chi connectivity index (χ0) is 13.0. The molecule has 1 unspecified atom stereocenters. The van der Waals surface area contributed by atoms with E-state index in [2.05, 4.69) is 38.5 Å². The number of aromatic nitrogens is 2. The average Bonchev–Trinajstić information content (AvgIpc) is 2.81. The Morgan fingerprint density at radius 3 is 2.89 bits per heavy atom. The average molecular weight is 308 g/mol. The summed E-state index contributed by atoms with van der Waals surface area (Å²) in [5.74, 6) is 0.965. The lowest BCUT2D eigenvalue weighted by molar-refractivity contribution is 0.574. The molecule has 0 fully saturated rings. The zero-order valence-corrected chi connectivity index (χ0v) is 12.1. The van der Waals surface area contributed by atoms with Crippen molar-refractivity contribution in [3.8, 4) is 0 Å². The normalized spacial score (nSPS) is 12.6. The number of nitrogens with two attached hydrogens (primary N) is 1. The van der Waals surface area contributed by atoms with Crippen LogP contribution in [0.3, 0.4) is 0 Å². The monoisotopic (exact) mass is 307 g/mol. The fraction of sp³-hybridized carbons (Fsp3) is 0.357. The van der Waals surface area contributed by atoms with Gasteiger partial charge in [-0.1, -0.05) is 41.1 Å². The van der Waals surface area contributed by atoms with Crippen LogP contribution in [-0.4, -0.2) is 9.55 Å². The van der Waals surface area contributed by atoms with E-state index in [0.29, 0.717) is 0 Å². The van der Waals surface area contributed by atoms with E-state index in [4.69, 9.17) is 5.73 Å². The number of halogens is 1. The Labute approximate surface area is 116 Å². The number of hydrogen-bond acceptors (Lipinski definition) is 2. The summed E-state index contributed by atoms with van der Waals surface area (Å²) >= 11 is 3.55. The molecule has 2 N–H and O–H groups in total. The fourth-order valence-corrected chi connectivity index (χ4v) is 2.52. The molecule has 4 heteroatoms. The molecule has 2 aromatic rings. The van der Waals surface area contributed by atoms with E-state index in [1.807, 2.05) is 30.6 Å². The van der Waals surface area contributed by atoms with E-state index in [9.17, 15) is 0 Å². The highest BCUT2D eigenvalue weighted by Gasteiger charge is 2.14. The quantitative estimate of drug-likeness (QED) is 0.921. The smallest absolute Gasteiger partial charge is 0.125 e. The molecule has 0 radical (unpaired) electrons. The molecule has 1 heterocycles. The Morgan fingerprint density at radius 1 is 1.39 bits per heavy atom. The van der Waals surface area contributed by atoms with Crippen molar-refractivity contribution in [3.63, 3.8) is 0 Å². The van der Waals surface area contributed by atoms with Gasteiger partial charge in [-0.05, 0) is 24.5 Å². The van der Waals surface area contributed by atoms with E-state index >= 15 is 0 Å². The number of nitrogens with zero attached hydrogens (tertiary/aromatic N) is 2. The summed E-state index contributed by atoms with van der Waals surface area (Å²) < 4.78 is 3.25. The van der Waals surface area contributed by atoms with Gasteiger partial charge in [-0.15, -0.1) is 0 Å². The van der Waals surface area contributed by atoms with Crippen LogP contribution in [0.15, 0.2) is 41.1 Å². The number of benzene rings is 1. The third kappa shape index (κ3) is 3.00. The number of imidazole rings is 1. The van der Waals surface area contributed by atoms with Gasteiger partial charge in [0.1, 0.15) is 5.82 Å². The number of hydrogen-bond donors (Lipinski definition) is 1. The first kappa shape index (κ1) is 13.3.